The molecule has 5 heteroatoms. The molecule has 0 spiro atoms. The van der Waals surface area contributed by atoms with Crippen molar-refractivity contribution in [2.24, 2.45) is 5.41 Å². The first-order valence-corrected chi connectivity index (χ1v) is 8.06. The molecule has 5 nitrogen and oxygen atoms in total. The Kier molecular flexibility index (Phi) is 7.72. The highest BCUT2D eigenvalue weighted by atomic mass is 16.5. The van der Waals surface area contributed by atoms with Gasteiger partial charge in [0.15, 0.2) is 0 Å². The molecule has 1 saturated carbocycles. The maximum Gasteiger partial charge on any atom is 0.235 e. The minimum Gasteiger partial charge on any atom is -0.385 e. The molecule has 1 aliphatic rings. The van der Waals surface area contributed by atoms with Crippen LogP contribution in [0.25, 0.3) is 0 Å². The van der Waals surface area contributed by atoms with Gasteiger partial charge in [-0.15, -0.1) is 0 Å². The SMILES string of the molecule is COCCCNC(=O)C(C)(C)C(=O)NC1CCCCCC1. The largest absolute Gasteiger partial charge is 0.385 e. The molecule has 0 atom stereocenters. The fourth-order valence-corrected chi connectivity index (χ4v) is 2.53. The minimum atomic E-state index is -1.03. The molecule has 1 rings (SSSR count). The zero-order chi connectivity index (χ0) is 15.7. The van der Waals surface area contributed by atoms with Crippen LogP contribution < -0.4 is 10.6 Å². The van der Waals surface area contributed by atoms with Crippen LogP contribution >= 0.6 is 0 Å². The summed E-state index contributed by atoms with van der Waals surface area (Å²) < 4.78 is 4.94. The van der Waals surface area contributed by atoms with Crippen molar-refractivity contribution in [3.63, 3.8) is 0 Å². The lowest BCUT2D eigenvalue weighted by Crippen LogP contribution is -2.50. The maximum atomic E-state index is 12.4. The van der Waals surface area contributed by atoms with Crippen LogP contribution in [-0.4, -0.2) is 38.1 Å². The molecule has 0 heterocycles. The second-order valence-corrected chi connectivity index (χ2v) is 6.39. The lowest BCUT2D eigenvalue weighted by atomic mass is 9.90. The standard InChI is InChI=1S/C16H30N2O3/c1-16(2,14(19)17-11-8-12-21-3)15(20)18-13-9-6-4-5-7-10-13/h13H,4-12H2,1-3H3,(H,17,19)(H,18,20). The van der Waals surface area contributed by atoms with Gasteiger partial charge in [-0.3, -0.25) is 9.59 Å². The van der Waals surface area contributed by atoms with Crippen LogP contribution in [0.3, 0.4) is 0 Å². The van der Waals surface area contributed by atoms with Gasteiger partial charge in [0.05, 0.1) is 0 Å². The van der Waals surface area contributed by atoms with Crippen LogP contribution in [0.1, 0.15) is 58.8 Å². The van der Waals surface area contributed by atoms with Crippen LogP contribution in [0.5, 0.6) is 0 Å². The van der Waals surface area contributed by atoms with Crippen LogP contribution in [0.4, 0.5) is 0 Å². The molecule has 1 aliphatic carbocycles. The predicted octanol–water partition coefficient (Wildman–Crippen LogP) is 2.00. The van der Waals surface area contributed by atoms with Crippen molar-refractivity contribution in [1.82, 2.24) is 10.6 Å². The van der Waals surface area contributed by atoms with Gasteiger partial charge in [-0.1, -0.05) is 25.7 Å². The van der Waals surface area contributed by atoms with E-state index in [1.807, 2.05) is 0 Å². The normalized spacial score (nSPS) is 17.1. The fourth-order valence-electron chi connectivity index (χ4n) is 2.53. The van der Waals surface area contributed by atoms with Crippen LogP contribution in [0.15, 0.2) is 0 Å². The van der Waals surface area contributed by atoms with Gasteiger partial charge >= 0.3 is 0 Å². The van der Waals surface area contributed by atoms with Crippen molar-refractivity contribution >= 4 is 11.8 Å². The summed E-state index contributed by atoms with van der Waals surface area (Å²) in [6.07, 6.45) is 7.62. The Bertz CT molecular complexity index is 334. The second kappa shape index (κ2) is 9.03. The van der Waals surface area contributed by atoms with Gasteiger partial charge in [-0.25, -0.2) is 0 Å². The van der Waals surface area contributed by atoms with Crippen molar-refractivity contribution in [2.45, 2.75) is 64.8 Å². The van der Waals surface area contributed by atoms with Crippen molar-refractivity contribution in [3.8, 4) is 0 Å². The Morgan fingerprint density at radius 2 is 1.71 bits per heavy atom. The topological polar surface area (TPSA) is 67.4 Å². The van der Waals surface area contributed by atoms with Gasteiger partial charge in [-0.05, 0) is 33.1 Å². The zero-order valence-electron chi connectivity index (χ0n) is 13.7. The average Bonchev–Trinajstić information content (AvgIpc) is 2.71. The van der Waals surface area contributed by atoms with Crippen molar-refractivity contribution in [2.75, 3.05) is 20.3 Å². The van der Waals surface area contributed by atoms with Gasteiger partial charge in [0.25, 0.3) is 0 Å². The van der Waals surface area contributed by atoms with Gasteiger partial charge in [-0.2, -0.15) is 0 Å². The Balaban J connectivity index is 2.43. The molecule has 0 aromatic heterocycles. The van der Waals surface area contributed by atoms with E-state index in [4.69, 9.17) is 4.74 Å². The van der Waals surface area contributed by atoms with Crippen LogP contribution in [0.2, 0.25) is 0 Å². The molecule has 0 unspecified atom stereocenters. The van der Waals surface area contributed by atoms with E-state index in [-0.39, 0.29) is 17.9 Å². The quantitative estimate of drug-likeness (QED) is 0.429. The third-order valence-corrected chi connectivity index (χ3v) is 4.14. The molecule has 21 heavy (non-hydrogen) atoms. The first-order chi connectivity index (χ1) is 9.98. The highest BCUT2D eigenvalue weighted by Crippen LogP contribution is 2.20. The van der Waals surface area contributed by atoms with E-state index in [1.54, 1.807) is 21.0 Å². The molecule has 2 N–H and O–H groups in total. The summed E-state index contributed by atoms with van der Waals surface area (Å²) in [6.45, 7) is 4.51. The Morgan fingerprint density at radius 3 is 2.29 bits per heavy atom. The molecular formula is C16H30N2O3. The summed E-state index contributed by atoms with van der Waals surface area (Å²) in [5.41, 5.74) is -1.03. The molecule has 122 valence electrons. The lowest BCUT2D eigenvalue weighted by Gasteiger charge is -2.26. The number of methoxy groups -OCH3 is 1. The zero-order valence-corrected chi connectivity index (χ0v) is 13.7. The first-order valence-electron chi connectivity index (χ1n) is 8.06. The number of carbonyl (C=O) groups excluding carboxylic acids is 2. The van der Waals surface area contributed by atoms with E-state index in [1.165, 1.54) is 12.8 Å². The number of carbonyl (C=O) groups is 2. The third-order valence-electron chi connectivity index (χ3n) is 4.14. The van der Waals surface area contributed by atoms with Crippen LogP contribution in [-0.2, 0) is 14.3 Å². The van der Waals surface area contributed by atoms with Crippen molar-refractivity contribution < 1.29 is 14.3 Å². The van der Waals surface area contributed by atoms with E-state index in [0.29, 0.717) is 13.2 Å². The summed E-state index contributed by atoms with van der Waals surface area (Å²) >= 11 is 0. The van der Waals surface area contributed by atoms with Crippen molar-refractivity contribution in [3.05, 3.63) is 0 Å². The molecule has 2 amide bonds. The molecule has 0 bridgehead atoms. The molecule has 0 saturated heterocycles. The molecular weight excluding hydrogens is 268 g/mol. The lowest BCUT2D eigenvalue weighted by molar-refractivity contribution is -0.141. The molecule has 1 fully saturated rings. The number of nitrogens with one attached hydrogen (secondary N) is 2. The third kappa shape index (κ3) is 6.04. The maximum absolute atomic E-state index is 12.4. The predicted molar refractivity (Wildman–Crippen MR) is 82.9 cm³/mol. The molecule has 0 aromatic rings. The second-order valence-electron chi connectivity index (χ2n) is 6.39. The number of hydrogen-bond acceptors (Lipinski definition) is 3. The average molecular weight is 298 g/mol. The monoisotopic (exact) mass is 298 g/mol. The minimum absolute atomic E-state index is 0.168. The van der Waals surface area contributed by atoms with E-state index < -0.39 is 5.41 Å². The van der Waals surface area contributed by atoms with Gasteiger partial charge in [0, 0.05) is 26.3 Å². The van der Waals surface area contributed by atoms with Gasteiger partial charge < -0.3 is 15.4 Å². The van der Waals surface area contributed by atoms with Gasteiger partial charge in [0.2, 0.25) is 11.8 Å². The number of hydrogen-bond donors (Lipinski definition) is 2. The first kappa shape index (κ1) is 18.0. The molecule has 0 aromatic carbocycles. The number of amides is 2. The molecule has 0 aliphatic heterocycles. The van der Waals surface area contributed by atoms with Crippen LogP contribution in [0, 0.1) is 5.41 Å². The van der Waals surface area contributed by atoms with E-state index >= 15 is 0 Å². The summed E-state index contributed by atoms with van der Waals surface area (Å²) in [5, 5.41) is 5.87. The number of rotatable bonds is 7. The summed E-state index contributed by atoms with van der Waals surface area (Å²) in [6, 6.07) is 0.223. The molecule has 0 radical (unpaired) electrons. The Morgan fingerprint density at radius 1 is 1.10 bits per heavy atom. The van der Waals surface area contributed by atoms with E-state index in [9.17, 15) is 9.59 Å². The highest BCUT2D eigenvalue weighted by molar-refractivity contribution is 6.04. The summed E-state index contributed by atoms with van der Waals surface area (Å²) in [4.78, 5) is 24.5. The van der Waals surface area contributed by atoms with Crippen molar-refractivity contribution in [1.29, 1.82) is 0 Å². The van der Waals surface area contributed by atoms with E-state index in [0.717, 1.165) is 32.1 Å². The Hall–Kier alpha value is -1.10. The van der Waals surface area contributed by atoms with Gasteiger partial charge in [0.1, 0.15) is 5.41 Å². The smallest absolute Gasteiger partial charge is 0.235 e. The summed E-state index contributed by atoms with van der Waals surface area (Å²) in [5.74, 6) is -0.386. The van der Waals surface area contributed by atoms with E-state index in [2.05, 4.69) is 10.6 Å². The number of ether oxygens (including phenoxy) is 1. The fraction of sp³-hybridized carbons (Fsp3) is 0.875. The Labute approximate surface area is 128 Å². The highest BCUT2D eigenvalue weighted by Gasteiger charge is 2.36. The summed E-state index contributed by atoms with van der Waals surface area (Å²) in [7, 11) is 1.63.